The van der Waals surface area contributed by atoms with Crippen LogP contribution in [-0.2, 0) is 20.5 Å². The highest BCUT2D eigenvalue weighted by molar-refractivity contribution is 4.79. The molecule has 0 saturated carbocycles. The van der Waals surface area contributed by atoms with Crippen LogP contribution < -0.4 is 28.5 Å². The van der Waals surface area contributed by atoms with Crippen LogP contribution in [0.2, 0.25) is 0 Å². The van der Waals surface area contributed by atoms with Crippen LogP contribution >= 0.6 is 0 Å². The maximum atomic E-state index is 2.16. The summed E-state index contributed by atoms with van der Waals surface area (Å²) in [6, 6.07) is 0. The Balaban J connectivity index is 0.000000810. The van der Waals surface area contributed by atoms with Crippen LogP contribution in [0.1, 0.15) is 12.7 Å². The molecule has 2 nitrogen and oxygen atoms in total. The van der Waals surface area contributed by atoms with Crippen molar-refractivity contribution < 1.29 is 28.5 Å². The molecule has 0 aliphatic carbocycles. The Morgan fingerprint density at radius 1 is 1.60 bits per heavy atom. The second kappa shape index (κ2) is 3.95. The monoisotopic (exact) mass is 252 g/mol. The standard InChI is InChI=1S/C7H13N2.HI/c1-4-7-8(2)5-6-9(7)3;/h5-6H,4H2,1-3H3;1H/q+1;/p-1. The molecule has 1 heterocycles. The molecule has 1 aromatic heterocycles. The molecule has 58 valence electrons. The number of rotatable bonds is 1. The minimum Gasteiger partial charge on any atom is -1.00 e. The molecule has 0 amide bonds. The van der Waals surface area contributed by atoms with Crippen LogP contribution in [0.15, 0.2) is 12.4 Å². The zero-order valence-corrected chi connectivity index (χ0v) is 8.79. The van der Waals surface area contributed by atoms with E-state index in [-0.39, 0.29) is 24.0 Å². The average Bonchev–Trinajstić information content (AvgIpc) is 2.12. The lowest BCUT2D eigenvalue weighted by atomic mass is 10.4. The minimum atomic E-state index is 0. The summed E-state index contributed by atoms with van der Waals surface area (Å²) in [6.07, 6.45) is 5.23. The zero-order valence-electron chi connectivity index (χ0n) is 6.63. The summed E-state index contributed by atoms with van der Waals surface area (Å²) >= 11 is 0. The van der Waals surface area contributed by atoms with Crippen molar-refractivity contribution >= 4 is 0 Å². The third-order valence-corrected chi connectivity index (χ3v) is 1.64. The Labute approximate surface area is 78.9 Å². The van der Waals surface area contributed by atoms with Gasteiger partial charge >= 0.3 is 0 Å². The first-order valence-electron chi connectivity index (χ1n) is 3.25. The van der Waals surface area contributed by atoms with E-state index in [1.165, 1.54) is 5.82 Å². The van der Waals surface area contributed by atoms with Gasteiger partial charge in [0.05, 0.1) is 14.1 Å². The van der Waals surface area contributed by atoms with E-state index in [0.717, 1.165) is 6.42 Å². The first-order chi connectivity index (χ1) is 4.25. The molecule has 0 unspecified atom stereocenters. The molecule has 0 aliphatic heterocycles. The van der Waals surface area contributed by atoms with Crippen molar-refractivity contribution in [2.75, 3.05) is 0 Å². The van der Waals surface area contributed by atoms with Crippen molar-refractivity contribution in [2.24, 2.45) is 14.1 Å². The number of hydrogen-bond acceptors (Lipinski definition) is 0. The fraction of sp³-hybridized carbons (Fsp3) is 0.571. The van der Waals surface area contributed by atoms with Gasteiger partial charge in [-0.3, -0.25) is 0 Å². The molecule has 1 aromatic rings. The number of aryl methyl sites for hydroxylation is 2. The fourth-order valence-corrected chi connectivity index (χ4v) is 1.12. The van der Waals surface area contributed by atoms with E-state index in [0.29, 0.717) is 0 Å². The highest BCUT2D eigenvalue weighted by atomic mass is 127. The van der Waals surface area contributed by atoms with Gasteiger partial charge in [-0.2, -0.15) is 0 Å². The first kappa shape index (κ1) is 9.94. The summed E-state index contributed by atoms with van der Waals surface area (Å²) in [5.74, 6) is 1.36. The highest BCUT2D eigenvalue weighted by Crippen LogP contribution is 1.89. The van der Waals surface area contributed by atoms with E-state index in [4.69, 9.17) is 0 Å². The second-order valence-electron chi connectivity index (χ2n) is 2.29. The summed E-state index contributed by atoms with van der Waals surface area (Å²) in [5, 5.41) is 0. The lowest BCUT2D eigenvalue weighted by Crippen LogP contribution is -3.00. The molecular weight excluding hydrogens is 239 g/mol. The quantitative estimate of drug-likeness (QED) is 0.383. The number of hydrogen-bond donors (Lipinski definition) is 0. The lowest BCUT2D eigenvalue weighted by Gasteiger charge is -1.90. The second-order valence-corrected chi connectivity index (χ2v) is 2.29. The largest absolute Gasteiger partial charge is 1.00 e. The van der Waals surface area contributed by atoms with Crippen molar-refractivity contribution in [2.45, 2.75) is 13.3 Å². The maximum absolute atomic E-state index is 2.16. The van der Waals surface area contributed by atoms with Gasteiger partial charge in [-0.05, 0) is 0 Å². The van der Waals surface area contributed by atoms with E-state index in [9.17, 15) is 0 Å². The van der Waals surface area contributed by atoms with E-state index in [2.05, 4.69) is 42.5 Å². The predicted octanol–water partition coefficient (Wildman–Crippen LogP) is -2.58. The van der Waals surface area contributed by atoms with Crippen LogP contribution in [0.5, 0.6) is 0 Å². The normalized spacial score (nSPS) is 9.10. The molecule has 0 radical (unpaired) electrons. The van der Waals surface area contributed by atoms with Gasteiger partial charge in [0, 0.05) is 6.42 Å². The summed E-state index contributed by atoms with van der Waals surface area (Å²) < 4.78 is 4.28. The summed E-state index contributed by atoms with van der Waals surface area (Å²) in [6.45, 7) is 2.16. The van der Waals surface area contributed by atoms with Gasteiger partial charge in [0.25, 0.3) is 5.82 Å². The molecule has 10 heavy (non-hydrogen) atoms. The van der Waals surface area contributed by atoms with Gasteiger partial charge in [-0.25, -0.2) is 9.13 Å². The molecule has 3 heteroatoms. The number of imidazole rings is 1. The number of halogens is 1. The van der Waals surface area contributed by atoms with Crippen molar-refractivity contribution in [3.63, 3.8) is 0 Å². The molecule has 0 spiro atoms. The molecular formula is C7H13IN2. The first-order valence-corrected chi connectivity index (χ1v) is 3.25. The van der Waals surface area contributed by atoms with Gasteiger partial charge in [0.15, 0.2) is 0 Å². The smallest absolute Gasteiger partial charge is 0.255 e. The van der Waals surface area contributed by atoms with E-state index in [1.807, 2.05) is 0 Å². The summed E-state index contributed by atoms with van der Waals surface area (Å²) in [4.78, 5) is 0. The van der Waals surface area contributed by atoms with Gasteiger partial charge in [0.2, 0.25) is 0 Å². The maximum Gasteiger partial charge on any atom is 0.255 e. The molecule has 0 bridgehead atoms. The number of nitrogens with zero attached hydrogens (tertiary/aromatic N) is 2. The van der Waals surface area contributed by atoms with Gasteiger partial charge in [0.1, 0.15) is 12.4 Å². The Kier molecular flexibility index (Phi) is 3.93. The molecule has 0 N–H and O–H groups in total. The van der Waals surface area contributed by atoms with Crippen LogP contribution in [0.3, 0.4) is 0 Å². The third kappa shape index (κ3) is 1.71. The molecule has 0 fully saturated rings. The summed E-state index contributed by atoms with van der Waals surface area (Å²) in [7, 11) is 4.14. The third-order valence-electron chi connectivity index (χ3n) is 1.64. The van der Waals surface area contributed by atoms with Crippen molar-refractivity contribution in [1.82, 2.24) is 4.57 Å². The van der Waals surface area contributed by atoms with Crippen LogP contribution in [0.25, 0.3) is 0 Å². The SMILES string of the molecule is CCc1n(C)cc[n+]1C.[I-]. The van der Waals surface area contributed by atoms with Crippen LogP contribution in [-0.4, -0.2) is 4.57 Å². The predicted molar refractivity (Wildman–Crippen MR) is 36.0 cm³/mol. The minimum absolute atomic E-state index is 0. The molecule has 0 saturated heterocycles. The van der Waals surface area contributed by atoms with E-state index in [1.54, 1.807) is 0 Å². The van der Waals surface area contributed by atoms with Gasteiger partial charge < -0.3 is 24.0 Å². The van der Waals surface area contributed by atoms with Crippen LogP contribution in [0.4, 0.5) is 0 Å². The van der Waals surface area contributed by atoms with Gasteiger partial charge in [-0.1, -0.05) is 6.92 Å². The highest BCUT2D eigenvalue weighted by Gasteiger charge is 2.05. The molecule has 0 aliphatic rings. The Morgan fingerprint density at radius 3 is 2.40 bits per heavy atom. The Bertz CT molecular complexity index is 186. The van der Waals surface area contributed by atoms with Crippen molar-refractivity contribution in [3.8, 4) is 0 Å². The van der Waals surface area contributed by atoms with Crippen LogP contribution in [0, 0.1) is 0 Å². The average molecular weight is 252 g/mol. The molecule has 0 aromatic carbocycles. The topological polar surface area (TPSA) is 8.81 Å². The summed E-state index contributed by atoms with van der Waals surface area (Å²) in [5.41, 5.74) is 0. The van der Waals surface area contributed by atoms with Crippen molar-refractivity contribution in [3.05, 3.63) is 18.2 Å². The van der Waals surface area contributed by atoms with E-state index >= 15 is 0 Å². The Morgan fingerprint density at radius 2 is 2.20 bits per heavy atom. The van der Waals surface area contributed by atoms with Gasteiger partial charge in [-0.15, -0.1) is 0 Å². The molecule has 0 atom stereocenters. The van der Waals surface area contributed by atoms with Crippen molar-refractivity contribution in [1.29, 1.82) is 0 Å². The van der Waals surface area contributed by atoms with E-state index < -0.39 is 0 Å². The lowest BCUT2D eigenvalue weighted by molar-refractivity contribution is -0.678. The number of aromatic nitrogens is 2. The fourth-order valence-electron chi connectivity index (χ4n) is 1.12. The zero-order chi connectivity index (χ0) is 6.85. The Hall–Kier alpha value is -0.0600. The molecule has 1 rings (SSSR count).